The van der Waals surface area contributed by atoms with Crippen LogP contribution in [0, 0.1) is 0 Å². The van der Waals surface area contributed by atoms with Crippen LogP contribution in [0.5, 0.6) is 0 Å². The fourth-order valence-corrected chi connectivity index (χ4v) is 3.70. The van der Waals surface area contributed by atoms with Crippen molar-refractivity contribution in [1.29, 1.82) is 0 Å². The molecule has 0 heterocycles. The van der Waals surface area contributed by atoms with E-state index in [1.807, 2.05) is 20.8 Å². The van der Waals surface area contributed by atoms with Crippen LogP contribution in [0.1, 0.15) is 40.0 Å². The number of nitrogens with one attached hydrogen (secondary N) is 1. The molecule has 0 aliphatic heterocycles. The van der Waals surface area contributed by atoms with Crippen LogP contribution in [-0.2, 0) is 14.8 Å². The molecule has 116 valence electrons. The Labute approximate surface area is 118 Å². The molecule has 0 amide bonds. The molecule has 0 fully saturated rings. The summed E-state index contributed by atoms with van der Waals surface area (Å²) >= 11 is 0. The van der Waals surface area contributed by atoms with Crippen molar-refractivity contribution in [3.05, 3.63) is 0 Å². The summed E-state index contributed by atoms with van der Waals surface area (Å²) in [7, 11) is -1.57. The molecule has 1 N–H and O–H groups in total. The Hall–Kier alpha value is -0.170. The Morgan fingerprint density at radius 2 is 1.95 bits per heavy atom. The van der Waals surface area contributed by atoms with Crippen LogP contribution in [0.15, 0.2) is 0 Å². The highest BCUT2D eigenvalue weighted by Crippen LogP contribution is 2.12. The van der Waals surface area contributed by atoms with Crippen LogP contribution in [0.25, 0.3) is 0 Å². The number of methoxy groups -OCH3 is 1. The van der Waals surface area contributed by atoms with Crippen molar-refractivity contribution >= 4 is 10.0 Å². The van der Waals surface area contributed by atoms with Gasteiger partial charge in [0.1, 0.15) is 0 Å². The lowest BCUT2D eigenvalue weighted by molar-refractivity contribution is 0.167. The number of hydrogen-bond donors (Lipinski definition) is 1. The summed E-state index contributed by atoms with van der Waals surface area (Å²) in [5.41, 5.74) is 0. The summed E-state index contributed by atoms with van der Waals surface area (Å²) in [6.07, 6.45) is 2.42. The van der Waals surface area contributed by atoms with Gasteiger partial charge in [-0.25, -0.2) is 8.42 Å². The zero-order chi connectivity index (χ0) is 14.7. The van der Waals surface area contributed by atoms with Gasteiger partial charge in [0.25, 0.3) is 0 Å². The monoisotopic (exact) mass is 294 g/mol. The second-order valence-corrected chi connectivity index (χ2v) is 6.78. The summed E-state index contributed by atoms with van der Waals surface area (Å²) < 4.78 is 31.2. The van der Waals surface area contributed by atoms with Crippen molar-refractivity contribution in [3.8, 4) is 0 Å². The van der Waals surface area contributed by atoms with Crippen molar-refractivity contribution in [2.45, 2.75) is 46.1 Å². The number of nitrogens with zero attached hydrogens (tertiary/aromatic N) is 1. The van der Waals surface area contributed by atoms with E-state index in [4.69, 9.17) is 4.74 Å². The molecule has 5 nitrogen and oxygen atoms in total. The molecular formula is C13H30N2O3S. The topological polar surface area (TPSA) is 58.6 Å². The third kappa shape index (κ3) is 7.87. The lowest BCUT2D eigenvalue weighted by Crippen LogP contribution is -2.41. The minimum Gasteiger partial charge on any atom is -0.383 e. The van der Waals surface area contributed by atoms with Crippen LogP contribution in [-0.4, -0.2) is 57.9 Å². The van der Waals surface area contributed by atoms with Gasteiger partial charge in [-0.05, 0) is 39.3 Å². The van der Waals surface area contributed by atoms with E-state index in [-0.39, 0.29) is 11.8 Å². The van der Waals surface area contributed by atoms with Crippen LogP contribution >= 0.6 is 0 Å². The molecule has 0 aliphatic carbocycles. The Kier molecular flexibility index (Phi) is 10.5. The Bertz CT molecular complexity index is 307. The lowest BCUT2D eigenvalue weighted by Gasteiger charge is -2.27. The van der Waals surface area contributed by atoms with Crippen molar-refractivity contribution in [2.75, 3.05) is 39.1 Å². The Balaban J connectivity index is 4.35. The molecule has 0 rings (SSSR count). The molecule has 0 saturated carbocycles. The van der Waals surface area contributed by atoms with E-state index in [1.54, 1.807) is 11.4 Å². The Morgan fingerprint density at radius 1 is 1.26 bits per heavy atom. The van der Waals surface area contributed by atoms with Crippen molar-refractivity contribution in [3.63, 3.8) is 0 Å². The number of sulfonamides is 1. The van der Waals surface area contributed by atoms with Gasteiger partial charge in [-0.2, -0.15) is 4.31 Å². The van der Waals surface area contributed by atoms with E-state index in [9.17, 15) is 8.42 Å². The first-order chi connectivity index (χ1) is 8.99. The summed E-state index contributed by atoms with van der Waals surface area (Å²) in [6.45, 7) is 8.71. The molecule has 1 unspecified atom stereocenters. The maximum Gasteiger partial charge on any atom is 0.214 e. The summed E-state index contributed by atoms with van der Waals surface area (Å²) in [6, 6.07) is 0.0360. The van der Waals surface area contributed by atoms with E-state index < -0.39 is 10.0 Å². The number of rotatable bonds is 12. The maximum absolute atomic E-state index is 12.3. The normalized spacial score (nSPS) is 13.9. The fourth-order valence-electron chi connectivity index (χ4n) is 1.85. The lowest BCUT2D eigenvalue weighted by atomic mass is 10.3. The first-order valence-electron chi connectivity index (χ1n) is 7.18. The van der Waals surface area contributed by atoms with Gasteiger partial charge in [-0.3, -0.25) is 0 Å². The summed E-state index contributed by atoms with van der Waals surface area (Å²) in [4.78, 5) is 0. The third-order valence-corrected chi connectivity index (χ3v) is 5.27. The van der Waals surface area contributed by atoms with E-state index in [1.165, 1.54) is 0 Å². The van der Waals surface area contributed by atoms with Gasteiger partial charge >= 0.3 is 0 Å². The molecule has 0 aliphatic rings. The number of ether oxygens (including phenoxy) is 1. The maximum atomic E-state index is 12.3. The molecule has 19 heavy (non-hydrogen) atoms. The number of hydrogen-bond acceptors (Lipinski definition) is 4. The van der Waals surface area contributed by atoms with Crippen molar-refractivity contribution in [2.24, 2.45) is 0 Å². The van der Waals surface area contributed by atoms with Gasteiger partial charge in [0.2, 0.25) is 10.0 Å². The van der Waals surface area contributed by atoms with Gasteiger partial charge in [-0.15, -0.1) is 0 Å². The highest BCUT2D eigenvalue weighted by molar-refractivity contribution is 7.89. The van der Waals surface area contributed by atoms with E-state index in [2.05, 4.69) is 5.32 Å². The highest BCUT2D eigenvalue weighted by atomic mass is 32.2. The van der Waals surface area contributed by atoms with Gasteiger partial charge < -0.3 is 10.1 Å². The van der Waals surface area contributed by atoms with Crippen LogP contribution in [0.4, 0.5) is 0 Å². The van der Waals surface area contributed by atoms with E-state index >= 15 is 0 Å². The average Bonchev–Trinajstić information content (AvgIpc) is 2.38. The summed E-state index contributed by atoms with van der Waals surface area (Å²) in [5, 5.41) is 3.20. The molecule has 0 bridgehead atoms. The van der Waals surface area contributed by atoms with Gasteiger partial charge in [0, 0.05) is 19.7 Å². The standard InChI is InChI=1S/C13H30N2O3S/c1-5-13(3)15(10-11-18-4)19(16,17)12-8-7-9-14-6-2/h13-14H,5-12H2,1-4H3. The first kappa shape index (κ1) is 18.8. The quantitative estimate of drug-likeness (QED) is 0.554. The van der Waals surface area contributed by atoms with Crippen LogP contribution < -0.4 is 5.32 Å². The zero-order valence-electron chi connectivity index (χ0n) is 12.8. The molecular weight excluding hydrogens is 264 g/mol. The smallest absolute Gasteiger partial charge is 0.214 e. The Morgan fingerprint density at radius 3 is 2.47 bits per heavy atom. The van der Waals surface area contributed by atoms with Crippen molar-refractivity contribution in [1.82, 2.24) is 9.62 Å². The zero-order valence-corrected chi connectivity index (χ0v) is 13.6. The molecule has 0 aromatic carbocycles. The van der Waals surface area contributed by atoms with Crippen molar-refractivity contribution < 1.29 is 13.2 Å². The van der Waals surface area contributed by atoms with E-state index in [0.717, 1.165) is 25.9 Å². The molecule has 0 aromatic rings. The second-order valence-electron chi connectivity index (χ2n) is 4.74. The first-order valence-corrected chi connectivity index (χ1v) is 8.79. The highest BCUT2D eigenvalue weighted by Gasteiger charge is 2.25. The largest absolute Gasteiger partial charge is 0.383 e. The minimum atomic E-state index is -3.17. The van der Waals surface area contributed by atoms with Crippen LogP contribution in [0.2, 0.25) is 0 Å². The van der Waals surface area contributed by atoms with Gasteiger partial charge in [-0.1, -0.05) is 13.8 Å². The van der Waals surface area contributed by atoms with Gasteiger partial charge in [0.15, 0.2) is 0 Å². The molecule has 6 heteroatoms. The molecule has 1 atom stereocenters. The predicted octanol–water partition coefficient (Wildman–Crippen LogP) is 1.45. The average molecular weight is 294 g/mol. The predicted molar refractivity (Wildman–Crippen MR) is 79.9 cm³/mol. The third-order valence-electron chi connectivity index (χ3n) is 3.21. The molecule has 0 aromatic heterocycles. The second kappa shape index (κ2) is 10.6. The fraction of sp³-hybridized carbons (Fsp3) is 1.00. The SMILES string of the molecule is CCNCCCCS(=O)(=O)N(CCOC)C(C)CC. The minimum absolute atomic E-state index is 0.0360. The summed E-state index contributed by atoms with van der Waals surface area (Å²) in [5.74, 6) is 0.229. The molecule has 0 saturated heterocycles. The van der Waals surface area contributed by atoms with Gasteiger partial charge in [0.05, 0.1) is 12.4 Å². The molecule has 0 spiro atoms. The molecule has 0 radical (unpaired) electrons. The number of unbranched alkanes of at least 4 members (excludes halogenated alkanes) is 1. The van der Waals surface area contributed by atoms with E-state index in [0.29, 0.717) is 19.6 Å². The van der Waals surface area contributed by atoms with Crippen LogP contribution in [0.3, 0.4) is 0 Å².